The summed E-state index contributed by atoms with van der Waals surface area (Å²) in [6, 6.07) is 12.8. The van der Waals surface area contributed by atoms with Gasteiger partial charge in [0.15, 0.2) is 0 Å². The molecule has 0 amide bonds. The molecular formula is C21H25N3O. The second-order valence-electron chi connectivity index (χ2n) is 7.93. The van der Waals surface area contributed by atoms with Gasteiger partial charge in [0.2, 0.25) is 0 Å². The van der Waals surface area contributed by atoms with E-state index in [1.54, 1.807) is 0 Å². The van der Waals surface area contributed by atoms with E-state index >= 15 is 0 Å². The standard InChI is InChI=1S/C21H25N3O/c1-2-4-16(5-3-1)12-24-9-7-19-18(13-24)20(6-8-23-19)25-17-10-21(11-17)14-22-15-21/h1-6,8,17,22H,7,9-15H2. The predicted octanol–water partition coefficient (Wildman–Crippen LogP) is 2.77. The summed E-state index contributed by atoms with van der Waals surface area (Å²) in [6.45, 7) is 5.34. The number of nitrogens with zero attached hydrogens (tertiary/aromatic N) is 2. The summed E-state index contributed by atoms with van der Waals surface area (Å²) in [5, 5.41) is 3.39. The maximum Gasteiger partial charge on any atom is 0.127 e. The van der Waals surface area contributed by atoms with Gasteiger partial charge in [0, 0.05) is 62.0 Å². The van der Waals surface area contributed by atoms with Crippen molar-refractivity contribution >= 4 is 0 Å². The van der Waals surface area contributed by atoms with Gasteiger partial charge in [-0.15, -0.1) is 0 Å². The molecule has 2 aromatic rings. The van der Waals surface area contributed by atoms with Gasteiger partial charge < -0.3 is 10.1 Å². The zero-order chi connectivity index (χ0) is 16.7. The van der Waals surface area contributed by atoms with Crippen molar-refractivity contribution in [3.8, 4) is 5.75 Å². The van der Waals surface area contributed by atoms with Crippen molar-refractivity contribution in [3.05, 3.63) is 59.4 Å². The first-order valence-corrected chi connectivity index (χ1v) is 9.40. The zero-order valence-electron chi connectivity index (χ0n) is 14.6. The summed E-state index contributed by atoms with van der Waals surface area (Å²) in [5.41, 5.74) is 4.45. The Labute approximate surface area is 149 Å². The number of hydrogen-bond acceptors (Lipinski definition) is 4. The number of benzene rings is 1. The largest absolute Gasteiger partial charge is 0.490 e. The Balaban J connectivity index is 1.29. The minimum atomic E-state index is 0.387. The molecule has 1 saturated carbocycles. The summed E-state index contributed by atoms with van der Waals surface area (Å²) in [4.78, 5) is 7.12. The maximum absolute atomic E-state index is 6.38. The second kappa shape index (κ2) is 6.11. The third-order valence-electron chi connectivity index (χ3n) is 6.01. The van der Waals surface area contributed by atoms with E-state index < -0.39 is 0 Å². The first-order chi connectivity index (χ1) is 12.3. The van der Waals surface area contributed by atoms with E-state index in [1.165, 1.54) is 42.8 Å². The van der Waals surface area contributed by atoms with Crippen molar-refractivity contribution in [2.75, 3.05) is 19.6 Å². The van der Waals surface area contributed by atoms with Gasteiger partial charge in [0.1, 0.15) is 5.75 Å². The van der Waals surface area contributed by atoms with Crippen LogP contribution in [0.3, 0.4) is 0 Å². The third-order valence-corrected chi connectivity index (χ3v) is 6.01. The molecule has 5 rings (SSSR count). The molecule has 25 heavy (non-hydrogen) atoms. The predicted molar refractivity (Wildman–Crippen MR) is 97.4 cm³/mol. The van der Waals surface area contributed by atoms with Crippen LogP contribution in [-0.2, 0) is 19.5 Å². The highest BCUT2D eigenvalue weighted by Crippen LogP contribution is 2.46. The fourth-order valence-electron chi connectivity index (χ4n) is 4.49. The number of hydrogen-bond donors (Lipinski definition) is 1. The third kappa shape index (κ3) is 2.94. The Morgan fingerprint density at radius 1 is 1.16 bits per heavy atom. The molecule has 1 spiro atoms. The Bertz CT molecular complexity index is 749. The van der Waals surface area contributed by atoms with E-state index in [-0.39, 0.29) is 0 Å². The Hall–Kier alpha value is -1.91. The molecule has 4 nitrogen and oxygen atoms in total. The summed E-state index contributed by atoms with van der Waals surface area (Å²) in [7, 11) is 0. The summed E-state index contributed by atoms with van der Waals surface area (Å²) in [5.74, 6) is 1.06. The molecule has 0 bridgehead atoms. The molecule has 3 heterocycles. The molecule has 1 aliphatic carbocycles. The summed E-state index contributed by atoms with van der Waals surface area (Å²) in [6.07, 6.45) is 5.71. The van der Waals surface area contributed by atoms with Gasteiger partial charge in [0.25, 0.3) is 0 Å². The van der Waals surface area contributed by atoms with Gasteiger partial charge in [-0.05, 0) is 24.5 Å². The zero-order valence-corrected chi connectivity index (χ0v) is 14.6. The number of ether oxygens (including phenoxy) is 1. The minimum absolute atomic E-state index is 0.387. The van der Waals surface area contributed by atoms with Gasteiger partial charge in [-0.1, -0.05) is 30.3 Å². The van der Waals surface area contributed by atoms with Crippen LogP contribution in [0, 0.1) is 5.41 Å². The molecule has 1 N–H and O–H groups in total. The molecule has 4 heteroatoms. The van der Waals surface area contributed by atoms with Gasteiger partial charge in [-0.2, -0.15) is 0 Å². The average Bonchev–Trinajstić information content (AvgIpc) is 2.57. The lowest BCUT2D eigenvalue weighted by Crippen LogP contribution is -2.62. The van der Waals surface area contributed by atoms with Gasteiger partial charge >= 0.3 is 0 Å². The van der Waals surface area contributed by atoms with E-state index in [0.29, 0.717) is 11.5 Å². The van der Waals surface area contributed by atoms with Crippen LogP contribution >= 0.6 is 0 Å². The number of fused-ring (bicyclic) bond motifs is 1. The van der Waals surface area contributed by atoms with Crippen LogP contribution in [0.5, 0.6) is 5.75 Å². The molecule has 1 saturated heterocycles. The van der Waals surface area contributed by atoms with Gasteiger partial charge in [-0.25, -0.2) is 0 Å². The van der Waals surface area contributed by atoms with Gasteiger partial charge in [-0.3, -0.25) is 9.88 Å². The Morgan fingerprint density at radius 2 is 2.00 bits per heavy atom. The van der Waals surface area contributed by atoms with Crippen molar-refractivity contribution in [2.24, 2.45) is 5.41 Å². The van der Waals surface area contributed by atoms with Crippen LogP contribution < -0.4 is 10.1 Å². The van der Waals surface area contributed by atoms with Crippen LogP contribution in [0.1, 0.15) is 29.7 Å². The van der Waals surface area contributed by atoms with Crippen LogP contribution in [0.15, 0.2) is 42.6 Å². The van der Waals surface area contributed by atoms with Crippen molar-refractivity contribution in [3.63, 3.8) is 0 Å². The molecule has 0 radical (unpaired) electrons. The Kier molecular flexibility index (Phi) is 3.75. The van der Waals surface area contributed by atoms with E-state index in [1.807, 2.05) is 6.20 Å². The van der Waals surface area contributed by atoms with E-state index in [0.717, 1.165) is 31.8 Å². The first kappa shape index (κ1) is 15.4. The summed E-state index contributed by atoms with van der Waals surface area (Å²) < 4.78 is 6.38. The van der Waals surface area contributed by atoms with Crippen molar-refractivity contribution < 1.29 is 4.74 Å². The van der Waals surface area contributed by atoms with Crippen molar-refractivity contribution in [2.45, 2.75) is 38.5 Å². The lowest BCUT2D eigenvalue weighted by atomic mass is 9.63. The number of aromatic nitrogens is 1. The molecule has 130 valence electrons. The molecular weight excluding hydrogens is 310 g/mol. The molecule has 1 aromatic heterocycles. The normalized spacial score (nSPS) is 22.1. The van der Waals surface area contributed by atoms with Crippen molar-refractivity contribution in [1.29, 1.82) is 0 Å². The molecule has 3 aliphatic rings. The molecule has 1 aromatic carbocycles. The van der Waals surface area contributed by atoms with E-state index in [4.69, 9.17) is 4.74 Å². The van der Waals surface area contributed by atoms with Crippen molar-refractivity contribution in [1.82, 2.24) is 15.2 Å². The van der Waals surface area contributed by atoms with Crippen LogP contribution in [0.25, 0.3) is 0 Å². The maximum atomic E-state index is 6.38. The number of pyridine rings is 1. The highest BCUT2D eigenvalue weighted by atomic mass is 16.5. The lowest BCUT2D eigenvalue weighted by Gasteiger charge is -2.53. The highest BCUT2D eigenvalue weighted by Gasteiger charge is 2.49. The van der Waals surface area contributed by atoms with Crippen LogP contribution in [0.2, 0.25) is 0 Å². The van der Waals surface area contributed by atoms with E-state index in [9.17, 15) is 0 Å². The SMILES string of the molecule is c1ccc(CN2CCc3nccc(OC4CC5(CNC5)C4)c3C2)cc1. The fourth-order valence-corrected chi connectivity index (χ4v) is 4.49. The lowest BCUT2D eigenvalue weighted by molar-refractivity contribution is -0.0502. The Morgan fingerprint density at radius 3 is 2.76 bits per heavy atom. The fraction of sp³-hybridized carbons (Fsp3) is 0.476. The summed E-state index contributed by atoms with van der Waals surface area (Å²) >= 11 is 0. The minimum Gasteiger partial charge on any atom is -0.490 e. The molecule has 2 fully saturated rings. The van der Waals surface area contributed by atoms with Gasteiger partial charge in [0.05, 0.1) is 6.10 Å². The highest BCUT2D eigenvalue weighted by molar-refractivity contribution is 5.38. The molecule has 0 atom stereocenters. The number of nitrogens with one attached hydrogen (secondary N) is 1. The molecule has 2 aliphatic heterocycles. The number of rotatable bonds is 4. The smallest absolute Gasteiger partial charge is 0.127 e. The topological polar surface area (TPSA) is 37.4 Å². The quantitative estimate of drug-likeness (QED) is 0.932. The average molecular weight is 335 g/mol. The monoisotopic (exact) mass is 335 g/mol. The molecule has 0 unspecified atom stereocenters. The van der Waals surface area contributed by atoms with Crippen LogP contribution in [-0.4, -0.2) is 35.6 Å². The second-order valence-corrected chi connectivity index (χ2v) is 7.93. The van der Waals surface area contributed by atoms with Crippen LogP contribution in [0.4, 0.5) is 0 Å². The first-order valence-electron chi connectivity index (χ1n) is 9.40. The van der Waals surface area contributed by atoms with E-state index in [2.05, 4.69) is 51.6 Å².